The molecule has 8 heteroatoms. The first kappa shape index (κ1) is 19.5. The fourth-order valence-electron chi connectivity index (χ4n) is 2.51. The van der Waals surface area contributed by atoms with E-state index < -0.39 is 5.82 Å². The second-order valence-corrected chi connectivity index (χ2v) is 7.10. The summed E-state index contributed by atoms with van der Waals surface area (Å²) in [5, 5.41) is 1.33. The maximum Gasteiger partial charge on any atom is 0.262 e. The number of Topliss-reactive ketones (excluding diaryl/α,β-unsaturated/α-hetero) is 1. The fraction of sp³-hybridized carbons (Fsp3) is 0.211. The van der Waals surface area contributed by atoms with E-state index >= 15 is 0 Å². The normalized spacial score (nSPS) is 11.1. The molecule has 140 valence electrons. The van der Waals surface area contributed by atoms with E-state index in [1.807, 2.05) is 0 Å². The molecule has 1 heterocycles. The van der Waals surface area contributed by atoms with Gasteiger partial charge in [0.1, 0.15) is 5.82 Å². The highest BCUT2D eigenvalue weighted by atomic mass is 35.5. The van der Waals surface area contributed by atoms with Gasteiger partial charge < -0.3 is 4.74 Å². The van der Waals surface area contributed by atoms with Crippen LogP contribution in [0.15, 0.2) is 52.4 Å². The molecular formula is C19H16ClFN2O3S. The summed E-state index contributed by atoms with van der Waals surface area (Å²) in [7, 11) is 1.55. The molecule has 0 fully saturated rings. The summed E-state index contributed by atoms with van der Waals surface area (Å²) in [6.45, 7) is 0.647. The number of ether oxygens (including phenoxy) is 1. The molecule has 0 saturated carbocycles. The summed E-state index contributed by atoms with van der Waals surface area (Å²) in [5.41, 5.74) is 0.655. The molecule has 1 aromatic heterocycles. The monoisotopic (exact) mass is 406 g/mol. The number of aromatic nitrogens is 2. The van der Waals surface area contributed by atoms with Crippen LogP contribution >= 0.6 is 23.4 Å². The number of methoxy groups -OCH3 is 1. The third-order valence-corrected chi connectivity index (χ3v) is 5.11. The Hall–Kier alpha value is -2.22. The largest absolute Gasteiger partial charge is 0.383 e. The fourth-order valence-corrected chi connectivity index (χ4v) is 3.60. The van der Waals surface area contributed by atoms with Gasteiger partial charge in [-0.1, -0.05) is 23.4 Å². The SMILES string of the molecule is COCCn1c(SCC(=O)c2ccc(F)cc2)nc2cc(Cl)ccc2c1=O. The lowest BCUT2D eigenvalue weighted by Crippen LogP contribution is -2.25. The van der Waals surface area contributed by atoms with Crippen LogP contribution in [0, 0.1) is 5.82 Å². The van der Waals surface area contributed by atoms with Gasteiger partial charge in [-0.15, -0.1) is 0 Å². The maximum absolute atomic E-state index is 13.0. The van der Waals surface area contributed by atoms with Crippen LogP contribution in [0.5, 0.6) is 0 Å². The van der Waals surface area contributed by atoms with Crippen molar-refractivity contribution in [3.8, 4) is 0 Å². The summed E-state index contributed by atoms with van der Waals surface area (Å²) in [6.07, 6.45) is 0. The molecule has 0 aliphatic carbocycles. The molecule has 0 unspecified atom stereocenters. The van der Waals surface area contributed by atoms with Crippen molar-refractivity contribution in [3.63, 3.8) is 0 Å². The molecule has 27 heavy (non-hydrogen) atoms. The molecule has 0 saturated heterocycles. The molecule has 0 bridgehead atoms. The zero-order chi connectivity index (χ0) is 19.4. The number of thioether (sulfide) groups is 1. The molecule has 0 atom stereocenters. The van der Waals surface area contributed by atoms with Gasteiger partial charge in [0.2, 0.25) is 0 Å². The van der Waals surface area contributed by atoms with E-state index in [9.17, 15) is 14.0 Å². The molecule has 0 amide bonds. The van der Waals surface area contributed by atoms with Crippen LogP contribution in [0.4, 0.5) is 4.39 Å². The van der Waals surface area contributed by atoms with Crippen LogP contribution in [0.2, 0.25) is 5.02 Å². The summed E-state index contributed by atoms with van der Waals surface area (Å²) < 4.78 is 19.6. The minimum absolute atomic E-state index is 0.0666. The van der Waals surface area contributed by atoms with Crippen molar-refractivity contribution >= 4 is 40.0 Å². The highest BCUT2D eigenvalue weighted by molar-refractivity contribution is 7.99. The predicted molar refractivity (Wildman–Crippen MR) is 104 cm³/mol. The summed E-state index contributed by atoms with van der Waals surface area (Å²) in [4.78, 5) is 29.7. The van der Waals surface area contributed by atoms with Gasteiger partial charge >= 0.3 is 0 Å². The Labute approximate surface area is 164 Å². The maximum atomic E-state index is 13.0. The number of hydrogen-bond acceptors (Lipinski definition) is 5. The highest BCUT2D eigenvalue weighted by Crippen LogP contribution is 2.21. The number of carbonyl (C=O) groups is 1. The number of carbonyl (C=O) groups excluding carboxylic acids is 1. The first-order valence-electron chi connectivity index (χ1n) is 8.10. The molecule has 0 aliphatic rings. The number of fused-ring (bicyclic) bond motifs is 1. The van der Waals surface area contributed by atoms with Crippen molar-refractivity contribution in [2.45, 2.75) is 11.7 Å². The van der Waals surface area contributed by atoms with Crippen molar-refractivity contribution in [1.82, 2.24) is 9.55 Å². The molecule has 0 N–H and O–H groups in total. The van der Waals surface area contributed by atoms with Crippen LogP contribution < -0.4 is 5.56 Å². The Kier molecular flexibility index (Phi) is 6.26. The number of ketones is 1. The number of benzene rings is 2. The Morgan fingerprint density at radius 1 is 1.26 bits per heavy atom. The smallest absolute Gasteiger partial charge is 0.262 e. The van der Waals surface area contributed by atoms with Gasteiger partial charge in [-0.05, 0) is 42.5 Å². The molecule has 5 nitrogen and oxygen atoms in total. The molecule has 0 spiro atoms. The topological polar surface area (TPSA) is 61.2 Å². The van der Waals surface area contributed by atoms with Gasteiger partial charge in [0.15, 0.2) is 10.9 Å². The summed E-state index contributed by atoms with van der Waals surface area (Å²) in [6, 6.07) is 10.2. The standard InChI is InChI=1S/C19H16ClFN2O3S/c1-26-9-8-23-18(25)15-7-4-13(20)10-16(15)22-19(23)27-11-17(24)12-2-5-14(21)6-3-12/h2-7,10H,8-9,11H2,1H3. The quantitative estimate of drug-likeness (QED) is 0.339. The van der Waals surface area contributed by atoms with Crippen molar-refractivity contribution in [2.24, 2.45) is 0 Å². The number of nitrogens with zero attached hydrogens (tertiary/aromatic N) is 2. The van der Waals surface area contributed by atoms with Crippen LogP contribution in [0.3, 0.4) is 0 Å². The zero-order valence-corrected chi connectivity index (χ0v) is 16.0. The number of rotatable bonds is 7. The molecule has 3 rings (SSSR count). The van der Waals surface area contributed by atoms with Gasteiger partial charge in [-0.2, -0.15) is 0 Å². The number of hydrogen-bond donors (Lipinski definition) is 0. The van der Waals surface area contributed by atoms with Crippen LogP contribution in [0.25, 0.3) is 10.9 Å². The van der Waals surface area contributed by atoms with Gasteiger partial charge in [0, 0.05) is 17.7 Å². The van der Waals surface area contributed by atoms with E-state index in [0.717, 1.165) is 11.8 Å². The van der Waals surface area contributed by atoms with Crippen molar-refractivity contribution in [1.29, 1.82) is 0 Å². The van der Waals surface area contributed by atoms with Crippen molar-refractivity contribution in [3.05, 3.63) is 69.2 Å². The Morgan fingerprint density at radius 3 is 2.70 bits per heavy atom. The Morgan fingerprint density at radius 2 is 2.00 bits per heavy atom. The van der Waals surface area contributed by atoms with Crippen LogP contribution in [0.1, 0.15) is 10.4 Å². The predicted octanol–water partition coefficient (Wildman–Crippen LogP) is 3.81. The molecule has 0 aliphatic heterocycles. The minimum Gasteiger partial charge on any atom is -0.383 e. The summed E-state index contributed by atoms with van der Waals surface area (Å²) >= 11 is 7.16. The van der Waals surface area contributed by atoms with Gasteiger partial charge in [-0.3, -0.25) is 14.2 Å². The third-order valence-electron chi connectivity index (χ3n) is 3.90. The van der Waals surface area contributed by atoms with Crippen molar-refractivity contribution in [2.75, 3.05) is 19.5 Å². The zero-order valence-electron chi connectivity index (χ0n) is 14.4. The van der Waals surface area contributed by atoms with Gasteiger partial charge in [0.25, 0.3) is 5.56 Å². The molecule has 0 radical (unpaired) electrons. The van der Waals surface area contributed by atoms with Crippen molar-refractivity contribution < 1.29 is 13.9 Å². The van der Waals surface area contributed by atoms with E-state index in [0.29, 0.717) is 39.8 Å². The Bertz CT molecular complexity index is 1040. The highest BCUT2D eigenvalue weighted by Gasteiger charge is 2.14. The third kappa shape index (κ3) is 4.55. The lowest BCUT2D eigenvalue weighted by molar-refractivity contribution is 0.102. The molecule has 3 aromatic rings. The van der Waals surface area contributed by atoms with Gasteiger partial charge in [-0.25, -0.2) is 9.37 Å². The van der Waals surface area contributed by atoms with E-state index in [1.165, 1.54) is 28.8 Å². The van der Waals surface area contributed by atoms with Crippen LogP contribution in [-0.4, -0.2) is 34.8 Å². The minimum atomic E-state index is -0.402. The van der Waals surface area contributed by atoms with E-state index in [4.69, 9.17) is 16.3 Å². The summed E-state index contributed by atoms with van der Waals surface area (Å²) in [5.74, 6) is -0.517. The van der Waals surface area contributed by atoms with E-state index in [-0.39, 0.29) is 17.1 Å². The Balaban J connectivity index is 1.92. The second kappa shape index (κ2) is 8.65. The molecule has 2 aromatic carbocycles. The molecular weight excluding hydrogens is 391 g/mol. The second-order valence-electron chi connectivity index (χ2n) is 5.72. The number of halogens is 2. The van der Waals surface area contributed by atoms with E-state index in [1.54, 1.807) is 25.3 Å². The first-order chi connectivity index (χ1) is 13.0. The first-order valence-corrected chi connectivity index (χ1v) is 9.46. The van der Waals surface area contributed by atoms with E-state index in [2.05, 4.69) is 4.98 Å². The average molecular weight is 407 g/mol. The average Bonchev–Trinajstić information content (AvgIpc) is 2.66. The van der Waals surface area contributed by atoms with Crippen LogP contribution in [-0.2, 0) is 11.3 Å². The van der Waals surface area contributed by atoms with Gasteiger partial charge in [0.05, 0.1) is 29.8 Å². The lowest BCUT2D eigenvalue weighted by atomic mass is 10.1. The lowest BCUT2D eigenvalue weighted by Gasteiger charge is -2.12.